The number of hydrogen-bond donors (Lipinski definition) is 2. The molecule has 1 heterocycles. The molecule has 4 aromatic rings. The van der Waals surface area contributed by atoms with Crippen molar-refractivity contribution >= 4 is 5.69 Å². The molecule has 0 saturated heterocycles. The molecule has 0 saturated carbocycles. The normalized spacial score (nSPS) is 12.1. The molecule has 0 amide bonds. The van der Waals surface area contributed by atoms with E-state index in [0.29, 0.717) is 12.3 Å². The van der Waals surface area contributed by atoms with Gasteiger partial charge in [0.2, 0.25) is 0 Å². The fourth-order valence-electron chi connectivity index (χ4n) is 4.30. The molecule has 4 nitrogen and oxygen atoms in total. The van der Waals surface area contributed by atoms with Crippen LogP contribution in [0.2, 0.25) is 0 Å². The summed E-state index contributed by atoms with van der Waals surface area (Å²) >= 11 is 0. The van der Waals surface area contributed by atoms with Crippen molar-refractivity contribution in [3.05, 3.63) is 94.9 Å². The first-order valence-electron chi connectivity index (χ1n) is 12.4. The van der Waals surface area contributed by atoms with E-state index in [0.717, 1.165) is 39.5 Å². The summed E-state index contributed by atoms with van der Waals surface area (Å²) in [6, 6.07) is 20.8. The first kappa shape index (κ1) is 25.5. The minimum absolute atomic E-state index is 0.204. The van der Waals surface area contributed by atoms with Gasteiger partial charge in [-0.2, -0.15) is 5.10 Å². The zero-order valence-corrected chi connectivity index (χ0v) is 22.3. The van der Waals surface area contributed by atoms with E-state index in [1.165, 1.54) is 17.7 Å². The first-order chi connectivity index (χ1) is 16.8. The summed E-state index contributed by atoms with van der Waals surface area (Å²) in [5, 5.41) is 19.4. The molecular formula is C31H36FN3O. The van der Waals surface area contributed by atoms with Gasteiger partial charge in [-0.1, -0.05) is 71.4 Å². The van der Waals surface area contributed by atoms with Gasteiger partial charge in [-0.05, 0) is 60.2 Å². The number of anilines is 1. The number of aryl methyl sites for hydroxylation is 1. The minimum Gasteiger partial charge on any atom is -0.507 e. The Morgan fingerprint density at radius 3 is 1.92 bits per heavy atom. The van der Waals surface area contributed by atoms with Crippen molar-refractivity contribution in [2.24, 2.45) is 0 Å². The van der Waals surface area contributed by atoms with Crippen LogP contribution in [0.3, 0.4) is 0 Å². The minimum atomic E-state index is -0.277. The summed E-state index contributed by atoms with van der Waals surface area (Å²) in [5.41, 5.74) is 7.18. The Kier molecular flexibility index (Phi) is 6.70. The SMILES string of the molecule is Cc1ccc(-c2cc(CNc3cc(C(C)(C)C)c(O)c(C(C)(C)C)c3)nn2-c2ccc(F)cc2)cc1. The van der Waals surface area contributed by atoms with Crippen molar-refractivity contribution in [2.75, 3.05) is 5.32 Å². The molecule has 188 valence electrons. The Hall–Kier alpha value is -3.60. The zero-order chi connectivity index (χ0) is 26.3. The lowest BCUT2D eigenvalue weighted by molar-refractivity contribution is 0.423. The standard InChI is InChI=1S/C31H36FN3O/c1-20-8-10-21(11-9-20)28-18-24(34-35(28)25-14-12-22(32)13-15-25)19-33-23-16-26(30(2,3)4)29(36)27(17-23)31(5,6)7/h8-18,33,36H,19H2,1-7H3. The van der Waals surface area contributed by atoms with Crippen LogP contribution >= 0.6 is 0 Å². The maximum atomic E-state index is 13.6. The van der Waals surface area contributed by atoms with Gasteiger partial charge in [0, 0.05) is 22.4 Å². The van der Waals surface area contributed by atoms with Crippen molar-refractivity contribution in [1.29, 1.82) is 0 Å². The molecular weight excluding hydrogens is 449 g/mol. The lowest BCUT2D eigenvalue weighted by Gasteiger charge is -2.28. The fraction of sp³-hybridized carbons (Fsp3) is 0.323. The molecule has 3 aromatic carbocycles. The summed E-state index contributed by atoms with van der Waals surface area (Å²) in [6.07, 6.45) is 0. The van der Waals surface area contributed by atoms with E-state index < -0.39 is 0 Å². The molecule has 0 aliphatic rings. The van der Waals surface area contributed by atoms with Crippen molar-refractivity contribution in [1.82, 2.24) is 9.78 Å². The fourth-order valence-corrected chi connectivity index (χ4v) is 4.30. The van der Waals surface area contributed by atoms with Crippen LogP contribution in [0.4, 0.5) is 10.1 Å². The molecule has 4 rings (SSSR count). The molecule has 36 heavy (non-hydrogen) atoms. The predicted molar refractivity (Wildman–Crippen MR) is 147 cm³/mol. The Labute approximate surface area is 213 Å². The zero-order valence-electron chi connectivity index (χ0n) is 22.3. The highest BCUT2D eigenvalue weighted by molar-refractivity contribution is 5.64. The number of nitrogens with one attached hydrogen (secondary N) is 1. The largest absolute Gasteiger partial charge is 0.507 e. The van der Waals surface area contributed by atoms with Gasteiger partial charge in [0.25, 0.3) is 0 Å². The molecule has 5 heteroatoms. The molecule has 0 aliphatic carbocycles. The average molecular weight is 486 g/mol. The number of phenolic OH excluding ortho intramolecular Hbond substituents is 1. The maximum Gasteiger partial charge on any atom is 0.123 e. The lowest BCUT2D eigenvalue weighted by Crippen LogP contribution is -2.18. The third-order valence-electron chi connectivity index (χ3n) is 6.38. The number of aromatic hydroxyl groups is 1. The number of nitrogens with zero attached hydrogens (tertiary/aromatic N) is 2. The van der Waals surface area contributed by atoms with Crippen molar-refractivity contribution < 1.29 is 9.50 Å². The highest BCUT2D eigenvalue weighted by Crippen LogP contribution is 2.41. The molecule has 0 aliphatic heterocycles. The van der Waals surface area contributed by atoms with E-state index in [-0.39, 0.29) is 16.6 Å². The molecule has 0 unspecified atom stereocenters. The number of aromatic nitrogens is 2. The Balaban J connectivity index is 1.72. The summed E-state index contributed by atoms with van der Waals surface area (Å²) in [4.78, 5) is 0. The highest BCUT2D eigenvalue weighted by atomic mass is 19.1. The molecule has 1 aromatic heterocycles. The van der Waals surface area contributed by atoms with Crippen molar-refractivity contribution in [3.63, 3.8) is 0 Å². The third-order valence-corrected chi connectivity index (χ3v) is 6.38. The quantitative estimate of drug-likeness (QED) is 0.283. The van der Waals surface area contributed by atoms with Crippen molar-refractivity contribution in [2.45, 2.75) is 65.8 Å². The number of hydrogen-bond acceptors (Lipinski definition) is 3. The number of rotatable bonds is 5. The third kappa shape index (κ3) is 5.46. The van der Waals surface area contributed by atoms with Crippen LogP contribution in [0, 0.1) is 12.7 Å². The molecule has 2 N–H and O–H groups in total. The van der Waals surface area contributed by atoms with Gasteiger partial charge in [0.15, 0.2) is 0 Å². The van der Waals surface area contributed by atoms with Gasteiger partial charge in [-0.15, -0.1) is 0 Å². The summed E-state index contributed by atoms with van der Waals surface area (Å²) in [6.45, 7) is 15.2. The van der Waals surface area contributed by atoms with Crippen LogP contribution in [0.15, 0.2) is 66.7 Å². The molecule has 0 fully saturated rings. The monoisotopic (exact) mass is 485 g/mol. The number of benzene rings is 3. The molecule has 0 bridgehead atoms. The summed E-state index contributed by atoms with van der Waals surface area (Å²) < 4.78 is 15.4. The predicted octanol–water partition coefficient (Wildman–Crippen LogP) is 7.90. The summed E-state index contributed by atoms with van der Waals surface area (Å²) in [7, 11) is 0. The van der Waals surface area contributed by atoms with Crippen LogP contribution in [0.25, 0.3) is 16.9 Å². The second-order valence-corrected chi connectivity index (χ2v) is 11.5. The second kappa shape index (κ2) is 9.45. The van der Waals surface area contributed by atoms with Crippen LogP contribution in [-0.2, 0) is 17.4 Å². The molecule has 0 atom stereocenters. The van der Waals surface area contributed by atoms with Crippen LogP contribution in [-0.4, -0.2) is 14.9 Å². The smallest absolute Gasteiger partial charge is 0.123 e. The van der Waals surface area contributed by atoms with Gasteiger partial charge in [0.05, 0.1) is 23.6 Å². The van der Waals surface area contributed by atoms with E-state index in [1.54, 1.807) is 12.1 Å². The van der Waals surface area contributed by atoms with E-state index in [4.69, 9.17) is 5.10 Å². The van der Waals surface area contributed by atoms with Crippen LogP contribution < -0.4 is 5.32 Å². The van der Waals surface area contributed by atoms with Gasteiger partial charge >= 0.3 is 0 Å². The van der Waals surface area contributed by atoms with Crippen LogP contribution in [0.5, 0.6) is 5.75 Å². The molecule has 0 spiro atoms. The van der Waals surface area contributed by atoms with Gasteiger partial charge in [-0.25, -0.2) is 9.07 Å². The lowest BCUT2D eigenvalue weighted by atomic mass is 9.79. The van der Waals surface area contributed by atoms with E-state index in [9.17, 15) is 9.50 Å². The van der Waals surface area contributed by atoms with Gasteiger partial charge < -0.3 is 10.4 Å². The van der Waals surface area contributed by atoms with Gasteiger partial charge in [0.1, 0.15) is 11.6 Å². The van der Waals surface area contributed by atoms with Crippen LogP contribution in [0.1, 0.15) is 63.9 Å². The Morgan fingerprint density at radius 1 is 0.833 bits per heavy atom. The average Bonchev–Trinajstić information content (AvgIpc) is 3.22. The van der Waals surface area contributed by atoms with E-state index >= 15 is 0 Å². The maximum absolute atomic E-state index is 13.6. The van der Waals surface area contributed by atoms with Crippen molar-refractivity contribution in [3.8, 4) is 22.7 Å². The molecule has 0 radical (unpaired) electrons. The first-order valence-corrected chi connectivity index (χ1v) is 12.4. The van der Waals surface area contributed by atoms with Gasteiger partial charge in [-0.3, -0.25) is 0 Å². The van der Waals surface area contributed by atoms with E-state index in [2.05, 4.69) is 84.1 Å². The second-order valence-electron chi connectivity index (χ2n) is 11.5. The van der Waals surface area contributed by atoms with E-state index in [1.807, 2.05) is 16.8 Å². The summed E-state index contributed by atoms with van der Waals surface area (Å²) in [5.74, 6) is 0.0871. The highest BCUT2D eigenvalue weighted by Gasteiger charge is 2.26. The number of halogens is 1. The Morgan fingerprint density at radius 2 is 1.39 bits per heavy atom. The Bertz CT molecular complexity index is 1260. The topological polar surface area (TPSA) is 50.1 Å². The number of phenols is 1.